The van der Waals surface area contributed by atoms with E-state index in [0.29, 0.717) is 19.3 Å². The summed E-state index contributed by atoms with van der Waals surface area (Å²) < 4.78 is 76.9. The summed E-state index contributed by atoms with van der Waals surface area (Å²) in [5, 5.41) is 22.8. The number of carboxylic acid groups (broad SMARTS) is 2. The number of hydrogen-bond donors (Lipinski definition) is 2. The third kappa shape index (κ3) is 9.53. The quantitative estimate of drug-likeness (QED) is 0.527. The van der Waals surface area contributed by atoms with E-state index >= 15 is 0 Å². The molecule has 0 radical (unpaired) electrons. The van der Waals surface area contributed by atoms with Gasteiger partial charge in [0.05, 0.1) is 31.2 Å². The Balaban J connectivity index is 0.000000301. The van der Waals surface area contributed by atoms with Crippen molar-refractivity contribution in [2.75, 3.05) is 26.4 Å². The van der Waals surface area contributed by atoms with Crippen molar-refractivity contribution in [2.45, 2.75) is 43.9 Å². The predicted molar refractivity (Wildman–Crippen MR) is 115 cm³/mol. The van der Waals surface area contributed by atoms with E-state index in [1.807, 2.05) is 29.9 Å². The van der Waals surface area contributed by atoms with Crippen LogP contribution in [0.15, 0.2) is 24.4 Å². The van der Waals surface area contributed by atoms with E-state index < -0.39 is 24.3 Å². The lowest BCUT2D eigenvalue weighted by molar-refractivity contribution is -0.193. The van der Waals surface area contributed by atoms with Crippen LogP contribution in [0, 0.1) is 0 Å². The third-order valence-corrected chi connectivity index (χ3v) is 5.34. The number of aliphatic carboxylic acids is 2. The van der Waals surface area contributed by atoms with E-state index in [2.05, 4.69) is 20.2 Å². The van der Waals surface area contributed by atoms with Crippen LogP contribution in [0.4, 0.5) is 26.3 Å². The fraction of sp³-hybridized carbons (Fsp3) is 0.571. The molecule has 0 spiro atoms. The van der Waals surface area contributed by atoms with Gasteiger partial charge >= 0.3 is 24.3 Å². The van der Waals surface area contributed by atoms with Gasteiger partial charge in [-0.3, -0.25) is 14.6 Å². The Bertz CT molecular complexity index is 1020. The van der Waals surface area contributed by atoms with Crippen LogP contribution < -0.4 is 0 Å². The molecule has 2 N–H and O–H groups in total. The summed E-state index contributed by atoms with van der Waals surface area (Å²) in [5.74, 6) is -5.24. The minimum atomic E-state index is -5.08. The molecule has 2 aliphatic heterocycles. The Labute approximate surface area is 212 Å². The molecule has 0 aliphatic carbocycles. The second kappa shape index (κ2) is 13.5. The Morgan fingerprint density at radius 2 is 1.76 bits per heavy atom. The Morgan fingerprint density at radius 1 is 1.13 bits per heavy atom. The molecular formula is C21H25F6N5O6. The number of fused-ring (bicyclic) bond motifs is 1. The van der Waals surface area contributed by atoms with Gasteiger partial charge < -0.3 is 19.7 Å². The molecule has 2 aromatic rings. The summed E-state index contributed by atoms with van der Waals surface area (Å²) in [7, 11) is 1.96. The van der Waals surface area contributed by atoms with Gasteiger partial charge in [0.25, 0.3) is 0 Å². The van der Waals surface area contributed by atoms with Crippen LogP contribution >= 0.6 is 0 Å². The molecule has 4 heterocycles. The van der Waals surface area contributed by atoms with Crippen molar-refractivity contribution < 1.29 is 55.6 Å². The SMILES string of the molecule is Cn1nnc2c1C(COCc1ccccn1)CN(C1CCOC1)C2.O=C(O)C(F)(F)F.O=C(O)C(F)(F)F. The number of pyridine rings is 1. The smallest absolute Gasteiger partial charge is 0.475 e. The van der Waals surface area contributed by atoms with Crippen molar-refractivity contribution in [3.05, 3.63) is 41.5 Å². The highest BCUT2D eigenvalue weighted by Crippen LogP contribution is 2.30. The molecule has 0 saturated carbocycles. The van der Waals surface area contributed by atoms with Crippen LogP contribution in [-0.4, -0.2) is 91.8 Å². The number of hydrogen-bond acceptors (Lipinski definition) is 8. The molecule has 38 heavy (non-hydrogen) atoms. The monoisotopic (exact) mass is 557 g/mol. The highest BCUT2D eigenvalue weighted by molar-refractivity contribution is 5.73. The summed E-state index contributed by atoms with van der Waals surface area (Å²) in [4.78, 5) is 24.6. The molecule has 2 aromatic heterocycles. The normalized spacial score (nSPS) is 19.4. The van der Waals surface area contributed by atoms with E-state index in [1.165, 1.54) is 5.69 Å². The van der Waals surface area contributed by atoms with Gasteiger partial charge in [0.1, 0.15) is 5.69 Å². The average molecular weight is 557 g/mol. The van der Waals surface area contributed by atoms with E-state index in [1.54, 1.807) is 6.20 Å². The van der Waals surface area contributed by atoms with Crippen molar-refractivity contribution in [1.29, 1.82) is 0 Å². The lowest BCUT2D eigenvalue weighted by Crippen LogP contribution is -2.43. The molecule has 2 aliphatic rings. The molecule has 2 unspecified atom stereocenters. The fourth-order valence-corrected chi connectivity index (χ4v) is 3.66. The minimum absolute atomic E-state index is 0.276. The van der Waals surface area contributed by atoms with Crippen molar-refractivity contribution >= 4 is 11.9 Å². The largest absolute Gasteiger partial charge is 0.490 e. The first-order valence-electron chi connectivity index (χ1n) is 11.0. The van der Waals surface area contributed by atoms with Gasteiger partial charge in [0, 0.05) is 44.9 Å². The molecule has 1 fully saturated rings. The first-order chi connectivity index (χ1) is 17.7. The van der Waals surface area contributed by atoms with Crippen molar-refractivity contribution in [3.8, 4) is 0 Å². The zero-order chi connectivity index (χ0) is 28.5. The lowest BCUT2D eigenvalue weighted by atomic mass is 9.97. The molecule has 2 atom stereocenters. The van der Waals surface area contributed by atoms with Crippen molar-refractivity contribution in [2.24, 2.45) is 7.05 Å². The Kier molecular flexibility index (Phi) is 11.0. The summed E-state index contributed by atoms with van der Waals surface area (Å²) in [6, 6.07) is 6.37. The van der Waals surface area contributed by atoms with E-state index in [-0.39, 0.29) is 5.92 Å². The Hall–Kier alpha value is -3.31. The number of rotatable bonds is 5. The van der Waals surface area contributed by atoms with Gasteiger partial charge in [-0.15, -0.1) is 5.10 Å². The number of aromatic nitrogens is 4. The molecule has 0 bridgehead atoms. The predicted octanol–water partition coefficient (Wildman–Crippen LogP) is 2.38. The van der Waals surface area contributed by atoms with Crippen LogP contribution in [0.2, 0.25) is 0 Å². The van der Waals surface area contributed by atoms with E-state index in [4.69, 9.17) is 29.3 Å². The second-order valence-corrected chi connectivity index (χ2v) is 8.13. The highest BCUT2D eigenvalue weighted by atomic mass is 19.4. The van der Waals surface area contributed by atoms with Gasteiger partial charge in [-0.05, 0) is 18.6 Å². The number of nitrogens with zero attached hydrogens (tertiary/aromatic N) is 5. The molecule has 11 nitrogen and oxygen atoms in total. The van der Waals surface area contributed by atoms with Crippen LogP contribution in [0.5, 0.6) is 0 Å². The summed E-state index contributed by atoms with van der Waals surface area (Å²) in [5.41, 5.74) is 3.23. The Morgan fingerprint density at radius 3 is 2.26 bits per heavy atom. The van der Waals surface area contributed by atoms with Gasteiger partial charge in [-0.2, -0.15) is 26.3 Å². The number of alkyl halides is 6. The van der Waals surface area contributed by atoms with Crippen molar-refractivity contribution in [1.82, 2.24) is 24.9 Å². The van der Waals surface area contributed by atoms with Crippen LogP contribution in [-0.2, 0) is 39.3 Å². The summed E-state index contributed by atoms with van der Waals surface area (Å²) in [6.07, 6.45) is -7.28. The summed E-state index contributed by atoms with van der Waals surface area (Å²) >= 11 is 0. The van der Waals surface area contributed by atoms with Gasteiger partial charge in [0.2, 0.25) is 0 Å². The second-order valence-electron chi connectivity index (χ2n) is 8.13. The van der Waals surface area contributed by atoms with Gasteiger partial charge in [-0.1, -0.05) is 11.3 Å². The minimum Gasteiger partial charge on any atom is -0.475 e. The molecule has 0 aromatic carbocycles. The maximum atomic E-state index is 10.6. The molecule has 1 saturated heterocycles. The third-order valence-electron chi connectivity index (χ3n) is 5.34. The molecule has 17 heteroatoms. The van der Waals surface area contributed by atoms with Crippen LogP contribution in [0.1, 0.15) is 29.4 Å². The topological polar surface area (TPSA) is 140 Å². The highest BCUT2D eigenvalue weighted by Gasteiger charge is 2.39. The standard InChI is InChI=1S/C17H23N5O2.2C2HF3O2/c1-21-17-13(10-24-11-14-4-2-3-6-18-14)8-22(9-16(17)19-20-21)15-5-7-23-12-15;2*3-2(4,5)1(6)7/h2-4,6,13,15H,5,7-12H2,1H3;2*(H,6,7). The van der Waals surface area contributed by atoms with Crippen molar-refractivity contribution in [3.63, 3.8) is 0 Å². The number of halogens is 6. The fourth-order valence-electron chi connectivity index (χ4n) is 3.66. The summed E-state index contributed by atoms with van der Waals surface area (Å²) in [6.45, 7) is 4.67. The number of ether oxygens (including phenoxy) is 2. The average Bonchev–Trinajstić information content (AvgIpc) is 3.50. The van der Waals surface area contributed by atoms with E-state index in [9.17, 15) is 26.3 Å². The lowest BCUT2D eigenvalue weighted by Gasteiger charge is -2.35. The molecular weight excluding hydrogens is 532 g/mol. The van der Waals surface area contributed by atoms with E-state index in [0.717, 1.165) is 44.1 Å². The maximum absolute atomic E-state index is 10.6. The van der Waals surface area contributed by atoms with Crippen LogP contribution in [0.25, 0.3) is 0 Å². The zero-order valence-electron chi connectivity index (χ0n) is 19.9. The number of aryl methyl sites for hydroxylation is 1. The number of carboxylic acids is 2. The number of carbonyl (C=O) groups is 2. The van der Waals surface area contributed by atoms with Gasteiger partial charge in [-0.25, -0.2) is 9.59 Å². The molecule has 0 amide bonds. The van der Waals surface area contributed by atoms with Crippen LogP contribution in [0.3, 0.4) is 0 Å². The first kappa shape index (κ1) is 30.9. The maximum Gasteiger partial charge on any atom is 0.490 e. The first-order valence-corrected chi connectivity index (χ1v) is 11.0. The zero-order valence-corrected chi connectivity index (χ0v) is 19.9. The molecule has 212 valence electrons. The van der Waals surface area contributed by atoms with Gasteiger partial charge in [0.15, 0.2) is 0 Å². The molecule has 4 rings (SSSR count).